The predicted molar refractivity (Wildman–Crippen MR) is 92.6 cm³/mol. The first kappa shape index (κ1) is 17.1. The third-order valence-electron chi connectivity index (χ3n) is 4.61. The van der Waals surface area contributed by atoms with Crippen LogP contribution in [0.25, 0.3) is 0 Å². The van der Waals surface area contributed by atoms with Crippen molar-refractivity contribution in [1.82, 2.24) is 10.2 Å². The third kappa shape index (κ3) is 3.50. The smallest absolute Gasteiger partial charge is 0.127 e. The van der Waals surface area contributed by atoms with Crippen molar-refractivity contribution >= 4 is 0 Å². The van der Waals surface area contributed by atoms with E-state index >= 15 is 0 Å². The van der Waals surface area contributed by atoms with Gasteiger partial charge in [0, 0.05) is 38.1 Å². The van der Waals surface area contributed by atoms with Gasteiger partial charge in [-0.05, 0) is 29.7 Å². The quantitative estimate of drug-likeness (QED) is 0.894. The minimum Gasteiger partial charge on any atom is -0.314 e. The lowest BCUT2D eigenvalue weighted by molar-refractivity contribution is 0.179. The van der Waals surface area contributed by atoms with Crippen molar-refractivity contribution in [2.75, 3.05) is 19.6 Å². The first-order chi connectivity index (χ1) is 11.7. The van der Waals surface area contributed by atoms with E-state index in [1.165, 1.54) is 12.1 Å². The van der Waals surface area contributed by atoms with E-state index in [0.29, 0.717) is 17.7 Å². The molecule has 1 saturated heterocycles. The maximum Gasteiger partial charge on any atom is 0.127 e. The van der Waals surface area contributed by atoms with E-state index in [1.54, 1.807) is 24.3 Å². The van der Waals surface area contributed by atoms with Crippen LogP contribution in [0.3, 0.4) is 0 Å². The van der Waals surface area contributed by atoms with E-state index in [0.717, 1.165) is 19.5 Å². The Morgan fingerprint density at radius 2 is 1.67 bits per heavy atom. The lowest BCUT2D eigenvalue weighted by atomic mass is 9.82. The van der Waals surface area contributed by atoms with Crippen LogP contribution in [-0.2, 0) is 0 Å². The van der Waals surface area contributed by atoms with Crippen LogP contribution in [0, 0.1) is 18.2 Å². The fraction of sp³-hybridized carbons (Fsp3) is 0.350. The van der Waals surface area contributed by atoms with Gasteiger partial charge in [0.1, 0.15) is 11.6 Å². The largest absolute Gasteiger partial charge is 0.314 e. The molecule has 0 amide bonds. The van der Waals surface area contributed by atoms with E-state index in [-0.39, 0.29) is 23.6 Å². The standard InChI is InChI=1S/C20H23F2N2/c1-2-12-24-13-11-23-14-19(24)20(15-7-3-5-9-17(15)21)16-8-4-6-10-18(16)22/h3-10,12,19-20,23H,2,11,13-14H2,1H3. The van der Waals surface area contributed by atoms with Gasteiger partial charge in [-0.1, -0.05) is 43.3 Å². The summed E-state index contributed by atoms with van der Waals surface area (Å²) in [5, 5.41) is 3.38. The Morgan fingerprint density at radius 1 is 1.08 bits per heavy atom. The maximum atomic E-state index is 14.6. The van der Waals surface area contributed by atoms with E-state index in [9.17, 15) is 8.78 Å². The van der Waals surface area contributed by atoms with Gasteiger partial charge in [-0.3, -0.25) is 4.90 Å². The Bertz CT molecular complexity index is 627. The minimum atomic E-state index is -0.358. The van der Waals surface area contributed by atoms with Gasteiger partial charge < -0.3 is 5.32 Å². The molecule has 4 heteroatoms. The molecule has 1 radical (unpaired) electrons. The maximum absolute atomic E-state index is 14.6. The molecule has 1 aliphatic heterocycles. The third-order valence-corrected chi connectivity index (χ3v) is 4.61. The van der Waals surface area contributed by atoms with Crippen molar-refractivity contribution in [3.8, 4) is 0 Å². The number of piperazine rings is 1. The van der Waals surface area contributed by atoms with Crippen molar-refractivity contribution in [3.63, 3.8) is 0 Å². The molecule has 2 aromatic carbocycles. The van der Waals surface area contributed by atoms with Gasteiger partial charge in [-0.15, -0.1) is 0 Å². The minimum absolute atomic E-state index is 0.0208. The van der Waals surface area contributed by atoms with Gasteiger partial charge in [-0.25, -0.2) is 8.78 Å². The molecule has 2 nitrogen and oxygen atoms in total. The Hall–Kier alpha value is -1.78. The zero-order chi connectivity index (χ0) is 16.9. The van der Waals surface area contributed by atoms with Crippen LogP contribution in [-0.4, -0.2) is 30.6 Å². The van der Waals surface area contributed by atoms with Crippen molar-refractivity contribution < 1.29 is 8.78 Å². The Morgan fingerprint density at radius 3 is 2.21 bits per heavy atom. The van der Waals surface area contributed by atoms with Crippen LogP contribution in [0.15, 0.2) is 48.5 Å². The van der Waals surface area contributed by atoms with Gasteiger partial charge in [-0.2, -0.15) is 0 Å². The van der Waals surface area contributed by atoms with Crippen molar-refractivity contribution in [2.24, 2.45) is 0 Å². The summed E-state index contributed by atoms with van der Waals surface area (Å²) in [5.41, 5.74) is 1.09. The summed E-state index contributed by atoms with van der Waals surface area (Å²) in [6, 6.07) is 13.4. The van der Waals surface area contributed by atoms with Crippen molar-refractivity contribution in [1.29, 1.82) is 0 Å². The van der Waals surface area contributed by atoms with E-state index in [2.05, 4.69) is 23.7 Å². The van der Waals surface area contributed by atoms with Crippen LogP contribution in [0.2, 0.25) is 0 Å². The number of nitrogens with zero attached hydrogens (tertiary/aromatic N) is 1. The van der Waals surface area contributed by atoms with Gasteiger partial charge in [0.25, 0.3) is 0 Å². The molecule has 1 aliphatic rings. The normalized spacial score (nSPS) is 18.9. The molecular formula is C20H23F2N2. The molecule has 1 unspecified atom stereocenters. The summed E-state index contributed by atoms with van der Waals surface area (Å²) in [7, 11) is 0. The zero-order valence-electron chi connectivity index (χ0n) is 13.9. The van der Waals surface area contributed by atoms with E-state index < -0.39 is 0 Å². The summed E-state index contributed by atoms with van der Waals surface area (Å²) >= 11 is 0. The molecule has 0 saturated carbocycles. The fourth-order valence-corrected chi connectivity index (χ4v) is 3.55. The average molecular weight is 329 g/mol. The summed E-state index contributed by atoms with van der Waals surface area (Å²) in [6.45, 7) is 6.65. The summed E-state index contributed by atoms with van der Waals surface area (Å²) in [4.78, 5) is 2.24. The second-order valence-electron chi connectivity index (χ2n) is 6.12. The highest BCUT2D eigenvalue weighted by atomic mass is 19.1. The highest BCUT2D eigenvalue weighted by Gasteiger charge is 2.34. The molecule has 127 valence electrons. The van der Waals surface area contributed by atoms with E-state index in [1.807, 2.05) is 12.1 Å². The molecule has 3 rings (SSSR count). The first-order valence-corrected chi connectivity index (χ1v) is 8.51. The van der Waals surface area contributed by atoms with Crippen molar-refractivity contribution in [2.45, 2.75) is 25.3 Å². The number of nitrogens with one attached hydrogen (secondary N) is 1. The summed E-state index contributed by atoms with van der Waals surface area (Å²) in [6.07, 6.45) is 0.901. The zero-order valence-corrected chi connectivity index (χ0v) is 13.9. The summed E-state index contributed by atoms with van der Waals surface area (Å²) in [5.74, 6) is -0.927. The fourth-order valence-electron chi connectivity index (χ4n) is 3.55. The van der Waals surface area contributed by atoms with Crippen LogP contribution in [0.4, 0.5) is 8.78 Å². The molecule has 1 fully saturated rings. The first-order valence-electron chi connectivity index (χ1n) is 8.51. The van der Waals surface area contributed by atoms with Gasteiger partial charge in [0.05, 0.1) is 0 Å². The molecule has 24 heavy (non-hydrogen) atoms. The molecule has 0 aromatic heterocycles. The monoisotopic (exact) mass is 329 g/mol. The van der Waals surface area contributed by atoms with Gasteiger partial charge >= 0.3 is 0 Å². The molecular weight excluding hydrogens is 306 g/mol. The summed E-state index contributed by atoms with van der Waals surface area (Å²) < 4.78 is 29.1. The number of halogens is 2. The molecule has 1 N–H and O–H groups in total. The lowest BCUT2D eigenvalue weighted by Crippen LogP contribution is -2.52. The highest BCUT2D eigenvalue weighted by molar-refractivity contribution is 5.36. The molecule has 2 aromatic rings. The lowest BCUT2D eigenvalue weighted by Gasteiger charge is -2.41. The molecule has 0 spiro atoms. The molecule has 0 aliphatic carbocycles. The van der Waals surface area contributed by atoms with Gasteiger partial charge in [0.2, 0.25) is 0 Å². The average Bonchev–Trinajstić information content (AvgIpc) is 2.60. The second kappa shape index (κ2) is 7.86. The number of hydrogen-bond donors (Lipinski definition) is 1. The Kier molecular flexibility index (Phi) is 5.59. The van der Waals surface area contributed by atoms with Crippen LogP contribution in [0.5, 0.6) is 0 Å². The molecule has 1 heterocycles. The van der Waals surface area contributed by atoms with Crippen LogP contribution < -0.4 is 5.32 Å². The van der Waals surface area contributed by atoms with Crippen LogP contribution in [0.1, 0.15) is 30.4 Å². The number of rotatable bonds is 5. The highest BCUT2D eigenvalue weighted by Crippen LogP contribution is 2.35. The predicted octanol–water partition coefficient (Wildman–Crippen LogP) is 3.94. The SMILES string of the molecule is CC[CH]N1CCNCC1C(c1ccccc1F)c1ccccc1F. The Labute approximate surface area is 142 Å². The second-order valence-corrected chi connectivity index (χ2v) is 6.12. The molecule has 0 bridgehead atoms. The van der Waals surface area contributed by atoms with Crippen molar-refractivity contribution in [3.05, 3.63) is 77.8 Å². The van der Waals surface area contributed by atoms with E-state index in [4.69, 9.17) is 0 Å². The number of benzene rings is 2. The Balaban J connectivity index is 2.08. The topological polar surface area (TPSA) is 15.3 Å². The van der Waals surface area contributed by atoms with Crippen LogP contribution >= 0.6 is 0 Å². The molecule has 1 atom stereocenters. The van der Waals surface area contributed by atoms with Gasteiger partial charge in [0.15, 0.2) is 0 Å². The number of hydrogen-bond acceptors (Lipinski definition) is 2.